The van der Waals surface area contributed by atoms with Gasteiger partial charge in [-0.15, -0.1) is 0 Å². The highest BCUT2D eigenvalue weighted by Crippen LogP contribution is 2.19. The quantitative estimate of drug-likeness (QED) is 0.782. The molecule has 0 heterocycles. The highest BCUT2D eigenvalue weighted by molar-refractivity contribution is 5.89. The molecule has 118 valence electrons. The fourth-order valence-electron chi connectivity index (χ4n) is 2.72. The van der Waals surface area contributed by atoms with Gasteiger partial charge >= 0.3 is 5.97 Å². The van der Waals surface area contributed by atoms with Crippen molar-refractivity contribution < 1.29 is 14.3 Å². The lowest BCUT2D eigenvalue weighted by Crippen LogP contribution is -2.37. The Kier molecular flexibility index (Phi) is 6.82. The van der Waals surface area contributed by atoms with Crippen molar-refractivity contribution in [2.24, 2.45) is 5.92 Å². The van der Waals surface area contributed by atoms with E-state index < -0.39 is 11.8 Å². The van der Waals surface area contributed by atoms with Crippen molar-refractivity contribution >= 4 is 5.97 Å². The van der Waals surface area contributed by atoms with Crippen LogP contribution in [0.2, 0.25) is 0 Å². The maximum Gasteiger partial charge on any atom is 0.336 e. The van der Waals surface area contributed by atoms with E-state index in [0.29, 0.717) is 24.1 Å². The first-order chi connectivity index (χ1) is 9.88. The number of hydrogen-bond acceptors (Lipinski definition) is 2. The van der Waals surface area contributed by atoms with Gasteiger partial charge in [0, 0.05) is 19.1 Å². The Bertz CT molecular complexity index is 470. The summed E-state index contributed by atoms with van der Waals surface area (Å²) < 4.78 is 13.3. The van der Waals surface area contributed by atoms with Gasteiger partial charge in [0.25, 0.3) is 0 Å². The van der Waals surface area contributed by atoms with Crippen molar-refractivity contribution in [3.63, 3.8) is 0 Å². The largest absolute Gasteiger partial charge is 0.478 e. The number of nitrogens with zero attached hydrogens (tertiary/aromatic N) is 1. The van der Waals surface area contributed by atoms with Crippen molar-refractivity contribution in [2.45, 2.75) is 53.1 Å². The normalized spacial score (nSPS) is 11.6. The summed E-state index contributed by atoms with van der Waals surface area (Å²) in [5, 5.41) is 9.25. The molecule has 0 saturated carbocycles. The van der Waals surface area contributed by atoms with E-state index in [2.05, 4.69) is 32.6 Å². The predicted molar refractivity (Wildman–Crippen MR) is 83.0 cm³/mol. The van der Waals surface area contributed by atoms with Crippen LogP contribution in [0.4, 0.5) is 4.39 Å². The molecule has 0 aromatic heterocycles. The number of hydrogen-bond donors (Lipinski definition) is 1. The molecule has 1 aromatic carbocycles. The van der Waals surface area contributed by atoms with Gasteiger partial charge in [0.15, 0.2) is 0 Å². The Labute approximate surface area is 126 Å². The molecule has 0 amide bonds. The molecule has 0 spiro atoms. The minimum atomic E-state index is -1.07. The van der Waals surface area contributed by atoms with Crippen LogP contribution in [0.5, 0.6) is 0 Å². The molecule has 0 unspecified atom stereocenters. The predicted octanol–water partition coefficient (Wildman–Crippen LogP) is 4.17. The monoisotopic (exact) mass is 295 g/mol. The van der Waals surface area contributed by atoms with Gasteiger partial charge in [-0.3, -0.25) is 4.90 Å². The van der Waals surface area contributed by atoms with E-state index in [1.807, 2.05) is 0 Å². The highest BCUT2D eigenvalue weighted by atomic mass is 19.1. The number of carboxylic acid groups (broad SMARTS) is 1. The number of carbonyl (C=O) groups is 1. The van der Waals surface area contributed by atoms with Crippen molar-refractivity contribution in [1.29, 1.82) is 0 Å². The van der Waals surface area contributed by atoms with Gasteiger partial charge in [-0.2, -0.15) is 0 Å². The van der Waals surface area contributed by atoms with E-state index in [-0.39, 0.29) is 5.56 Å². The average Bonchev–Trinajstić information content (AvgIpc) is 2.41. The van der Waals surface area contributed by atoms with Gasteiger partial charge in [0.05, 0.1) is 5.56 Å². The van der Waals surface area contributed by atoms with E-state index in [0.717, 1.165) is 25.5 Å². The Morgan fingerprint density at radius 2 is 1.90 bits per heavy atom. The molecule has 0 bridgehead atoms. The summed E-state index contributed by atoms with van der Waals surface area (Å²) in [6.45, 7) is 10.0. The number of benzene rings is 1. The zero-order valence-corrected chi connectivity index (χ0v) is 13.4. The van der Waals surface area contributed by atoms with Crippen LogP contribution in [-0.2, 0) is 6.54 Å². The van der Waals surface area contributed by atoms with Gasteiger partial charge in [-0.25, -0.2) is 9.18 Å². The lowest BCUT2D eigenvalue weighted by Gasteiger charge is -2.32. The smallest absolute Gasteiger partial charge is 0.336 e. The van der Waals surface area contributed by atoms with Gasteiger partial charge in [-0.05, 0) is 36.5 Å². The summed E-state index contributed by atoms with van der Waals surface area (Å²) in [5.74, 6) is -1.08. The zero-order chi connectivity index (χ0) is 16.0. The van der Waals surface area contributed by atoms with Crippen LogP contribution in [0, 0.1) is 11.7 Å². The lowest BCUT2D eigenvalue weighted by molar-refractivity contribution is 0.0692. The molecule has 0 atom stereocenters. The molecule has 0 aliphatic carbocycles. The van der Waals surface area contributed by atoms with E-state index in [1.54, 1.807) is 6.07 Å². The van der Waals surface area contributed by atoms with Crippen LogP contribution in [0.25, 0.3) is 0 Å². The molecule has 0 fully saturated rings. The molecule has 0 saturated heterocycles. The summed E-state index contributed by atoms with van der Waals surface area (Å²) in [4.78, 5) is 13.6. The van der Waals surface area contributed by atoms with Crippen LogP contribution in [0.15, 0.2) is 18.2 Å². The SMILES string of the molecule is CCC(CC)N(Cc1ccc(F)cc1C(=O)O)CC(C)C. The fourth-order valence-corrected chi connectivity index (χ4v) is 2.72. The average molecular weight is 295 g/mol. The van der Waals surface area contributed by atoms with Crippen molar-refractivity contribution in [3.8, 4) is 0 Å². The molecule has 21 heavy (non-hydrogen) atoms. The van der Waals surface area contributed by atoms with Crippen molar-refractivity contribution in [2.75, 3.05) is 6.54 Å². The summed E-state index contributed by atoms with van der Waals surface area (Å²) in [6, 6.07) is 4.45. The number of rotatable bonds is 8. The first-order valence-electron chi connectivity index (χ1n) is 7.64. The van der Waals surface area contributed by atoms with E-state index >= 15 is 0 Å². The third kappa shape index (κ3) is 5.12. The number of aromatic carboxylic acids is 1. The summed E-state index contributed by atoms with van der Waals surface area (Å²) in [6.07, 6.45) is 2.04. The summed E-state index contributed by atoms with van der Waals surface area (Å²) >= 11 is 0. The third-order valence-corrected chi connectivity index (χ3v) is 3.73. The standard InChI is InChI=1S/C17H26FNO2/c1-5-15(6-2)19(10-12(3)4)11-13-7-8-14(18)9-16(13)17(20)21/h7-9,12,15H,5-6,10-11H2,1-4H3,(H,20,21). The molecule has 1 N–H and O–H groups in total. The number of carboxylic acids is 1. The molecule has 1 aromatic rings. The second kappa shape index (κ2) is 8.13. The highest BCUT2D eigenvalue weighted by Gasteiger charge is 2.20. The van der Waals surface area contributed by atoms with Crippen LogP contribution in [-0.4, -0.2) is 28.6 Å². The maximum absolute atomic E-state index is 13.3. The molecule has 3 nitrogen and oxygen atoms in total. The van der Waals surface area contributed by atoms with Crippen LogP contribution >= 0.6 is 0 Å². The Morgan fingerprint density at radius 3 is 2.38 bits per heavy atom. The first-order valence-corrected chi connectivity index (χ1v) is 7.64. The maximum atomic E-state index is 13.3. The first kappa shape index (κ1) is 17.6. The molecular weight excluding hydrogens is 269 g/mol. The van der Waals surface area contributed by atoms with Gasteiger partial charge in [0.1, 0.15) is 5.82 Å². The van der Waals surface area contributed by atoms with Crippen LogP contribution < -0.4 is 0 Å². The van der Waals surface area contributed by atoms with Crippen molar-refractivity contribution in [3.05, 3.63) is 35.1 Å². The molecule has 0 aliphatic heterocycles. The minimum Gasteiger partial charge on any atom is -0.478 e. The summed E-state index contributed by atoms with van der Waals surface area (Å²) in [7, 11) is 0. The Hall–Kier alpha value is -1.42. The molecule has 4 heteroatoms. The number of halogens is 1. The van der Waals surface area contributed by atoms with Gasteiger partial charge in [0.2, 0.25) is 0 Å². The third-order valence-electron chi connectivity index (χ3n) is 3.73. The Morgan fingerprint density at radius 1 is 1.29 bits per heavy atom. The van der Waals surface area contributed by atoms with E-state index in [4.69, 9.17) is 0 Å². The zero-order valence-electron chi connectivity index (χ0n) is 13.4. The summed E-state index contributed by atoms with van der Waals surface area (Å²) in [5.41, 5.74) is 0.742. The molecular formula is C17H26FNO2. The van der Waals surface area contributed by atoms with E-state index in [9.17, 15) is 14.3 Å². The molecule has 0 aliphatic rings. The van der Waals surface area contributed by atoms with Gasteiger partial charge < -0.3 is 5.11 Å². The van der Waals surface area contributed by atoms with Gasteiger partial charge in [-0.1, -0.05) is 33.8 Å². The molecule has 1 rings (SSSR count). The minimum absolute atomic E-state index is 0.0645. The van der Waals surface area contributed by atoms with E-state index in [1.165, 1.54) is 6.07 Å². The second-order valence-corrected chi connectivity index (χ2v) is 5.90. The topological polar surface area (TPSA) is 40.5 Å². The lowest BCUT2D eigenvalue weighted by atomic mass is 10.0. The van der Waals surface area contributed by atoms with Crippen molar-refractivity contribution in [1.82, 2.24) is 4.90 Å². The second-order valence-electron chi connectivity index (χ2n) is 5.90. The Balaban J connectivity index is 3.05. The fraction of sp³-hybridized carbons (Fsp3) is 0.588. The molecule has 0 radical (unpaired) electrons. The van der Waals surface area contributed by atoms with Crippen LogP contribution in [0.3, 0.4) is 0 Å². The van der Waals surface area contributed by atoms with Crippen LogP contribution in [0.1, 0.15) is 56.5 Å².